The van der Waals surface area contributed by atoms with Gasteiger partial charge in [0.1, 0.15) is 23.7 Å². The molecule has 1 atom stereocenters. The molecule has 182 valence electrons. The van der Waals surface area contributed by atoms with Gasteiger partial charge in [0.2, 0.25) is 11.8 Å². The van der Waals surface area contributed by atoms with Crippen LogP contribution in [0, 0.1) is 5.41 Å². The van der Waals surface area contributed by atoms with Gasteiger partial charge in [-0.2, -0.15) is 0 Å². The van der Waals surface area contributed by atoms with Gasteiger partial charge in [0.05, 0.1) is 17.0 Å². The number of fused-ring (bicyclic) bond motifs is 1. The maximum Gasteiger partial charge on any atom is 0.250 e. The van der Waals surface area contributed by atoms with Crippen LogP contribution < -0.4 is 21.3 Å². The van der Waals surface area contributed by atoms with Gasteiger partial charge in [0, 0.05) is 23.8 Å². The number of hydrogen-bond donors (Lipinski definition) is 5. The summed E-state index contributed by atoms with van der Waals surface area (Å²) in [6.07, 6.45) is 4.26. The Morgan fingerprint density at radius 1 is 1.17 bits per heavy atom. The highest BCUT2D eigenvalue weighted by molar-refractivity contribution is 6.17. The number of aromatic nitrogens is 2. The highest BCUT2D eigenvalue weighted by atomic mass is 16.3. The van der Waals surface area contributed by atoms with E-state index in [1.165, 1.54) is 30.6 Å². The van der Waals surface area contributed by atoms with Crippen LogP contribution in [0.4, 0.5) is 23.0 Å². The predicted octanol–water partition coefficient (Wildman–Crippen LogP) is 2.86. The maximum absolute atomic E-state index is 12.5. The summed E-state index contributed by atoms with van der Waals surface area (Å²) in [4.78, 5) is 34.3. The molecule has 1 aliphatic rings. The van der Waals surface area contributed by atoms with Crippen molar-refractivity contribution >= 4 is 40.5 Å². The number of para-hydroxylation sites is 1. The summed E-state index contributed by atoms with van der Waals surface area (Å²) in [5.74, 6) is -0.479. The Bertz CT molecular complexity index is 1390. The topological polar surface area (TPSA) is 157 Å². The second-order valence-corrected chi connectivity index (χ2v) is 8.11. The van der Waals surface area contributed by atoms with Crippen LogP contribution in [0.2, 0.25) is 0 Å². The number of benzene rings is 2. The lowest BCUT2D eigenvalue weighted by Crippen LogP contribution is -2.45. The second-order valence-electron chi connectivity index (χ2n) is 8.11. The molecule has 1 aromatic heterocycles. The number of nitrogen functional groups attached to an aromatic ring is 1. The first-order valence-electron chi connectivity index (χ1n) is 11.1. The molecule has 3 aromatic rings. The number of aromatic hydroxyl groups is 1. The largest absolute Gasteiger partial charge is 0.506 e. The van der Waals surface area contributed by atoms with Crippen LogP contribution in [-0.2, 0) is 16.0 Å². The smallest absolute Gasteiger partial charge is 0.250 e. The Balaban J connectivity index is 1.66. The van der Waals surface area contributed by atoms with Crippen molar-refractivity contribution in [3.8, 4) is 5.75 Å². The molecule has 6 N–H and O–H groups in total. The number of phenolic OH excluding ortho intramolecular Hbond substituents is 1. The third-order valence-electron chi connectivity index (χ3n) is 5.79. The minimum Gasteiger partial charge on any atom is -0.506 e. The van der Waals surface area contributed by atoms with Gasteiger partial charge in [-0.3, -0.25) is 15.0 Å². The van der Waals surface area contributed by atoms with E-state index in [4.69, 9.17) is 11.1 Å². The zero-order chi connectivity index (χ0) is 25.8. The number of hydrogen-bond acceptors (Lipinski definition) is 8. The highest BCUT2D eigenvalue weighted by Crippen LogP contribution is 2.31. The van der Waals surface area contributed by atoms with E-state index in [0.29, 0.717) is 24.3 Å². The lowest BCUT2D eigenvalue weighted by molar-refractivity contribution is -0.114. The van der Waals surface area contributed by atoms with E-state index < -0.39 is 5.91 Å². The van der Waals surface area contributed by atoms with E-state index in [-0.39, 0.29) is 40.5 Å². The molecule has 1 aliphatic heterocycles. The fourth-order valence-corrected chi connectivity index (χ4v) is 4.08. The average molecular weight is 484 g/mol. The van der Waals surface area contributed by atoms with E-state index in [0.717, 1.165) is 17.3 Å². The molecule has 0 bridgehead atoms. The van der Waals surface area contributed by atoms with Crippen molar-refractivity contribution < 1.29 is 14.7 Å². The molecule has 0 fully saturated rings. The number of anilines is 4. The fraction of sp³-hybridized carbons (Fsp3) is 0.115. The van der Waals surface area contributed by atoms with E-state index in [1.807, 2.05) is 24.3 Å². The monoisotopic (exact) mass is 483 g/mol. The number of nitrogens with two attached hydrogens (primary N) is 1. The average Bonchev–Trinajstić information content (AvgIpc) is 2.88. The molecule has 0 saturated carbocycles. The second kappa shape index (κ2) is 10.1. The Morgan fingerprint density at radius 3 is 2.69 bits per heavy atom. The van der Waals surface area contributed by atoms with E-state index in [9.17, 15) is 14.7 Å². The molecule has 36 heavy (non-hydrogen) atoms. The lowest BCUT2D eigenvalue weighted by atomic mass is 9.97. The summed E-state index contributed by atoms with van der Waals surface area (Å²) in [6, 6.07) is 11.8. The molecule has 0 aliphatic carbocycles. The number of nitrogens with zero attached hydrogens (tertiary/aromatic N) is 3. The first-order valence-corrected chi connectivity index (χ1v) is 11.1. The Hall–Kier alpha value is -4.99. The van der Waals surface area contributed by atoms with Gasteiger partial charge >= 0.3 is 0 Å². The standard InChI is InChI=1S/C26H25N7O3/c1-3-21(35)32-18-12-16(9-10-20(18)34)24(27)23-25(28)29-14-30-26(23)31-17-11-15-7-5-6-8-19(15)33(13-17)22(36)4-2/h3-10,12,14,17,27,34H,1-2,11,13H2,(H,32,35)(H3,28,29,30,31). The zero-order valence-electron chi connectivity index (χ0n) is 19.4. The zero-order valence-corrected chi connectivity index (χ0v) is 19.4. The van der Waals surface area contributed by atoms with Gasteiger partial charge in [0.25, 0.3) is 0 Å². The predicted molar refractivity (Wildman–Crippen MR) is 139 cm³/mol. The van der Waals surface area contributed by atoms with Gasteiger partial charge in [-0.25, -0.2) is 9.97 Å². The molecule has 2 aromatic carbocycles. The van der Waals surface area contributed by atoms with Crippen LogP contribution in [0.15, 0.2) is 74.1 Å². The summed E-state index contributed by atoms with van der Waals surface area (Å²) in [5.41, 5.74) is 8.71. The Labute approximate surface area is 207 Å². The molecule has 1 unspecified atom stereocenters. The minimum absolute atomic E-state index is 0.0139. The Morgan fingerprint density at radius 2 is 1.94 bits per heavy atom. The van der Waals surface area contributed by atoms with Crippen molar-refractivity contribution in [2.24, 2.45) is 0 Å². The molecule has 0 spiro atoms. The molecule has 10 heteroatoms. The molecule has 2 heterocycles. The highest BCUT2D eigenvalue weighted by Gasteiger charge is 2.29. The van der Waals surface area contributed by atoms with Gasteiger partial charge in [-0.05, 0) is 48.4 Å². The summed E-state index contributed by atoms with van der Waals surface area (Å²) < 4.78 is 0. The SMILES string of the molecule is C=CC(=O)Nc1cc(C(=N)c2c(N)ncnc2NC2Cc3ccccc3N(C(=O)C=C)C2)ccc1O. The van der Waals surface area contributed by atoms with Crippen molar-refractivity contribution in [3.63, 3.8) is 0 Å². The van der Waals surface area contributed by atoms with Crippen molar-refractivity contribution in [3.05, 3.63) is 90.8 Å². The van der Waals surface area contributed by atoms with Crippen LogP contribution in [0.25, 0.3) is 0 Å². The molecular weight excluding hydrogens is 458 g/mol. The number of nitrogens with one attached hydrogen (secondary N) is 3. The quantitative estimate of drug-likeness (QED) is 0.196. The van der Waals surface area contributed by atoms with E-state index in [1.54, 1.807) is 4.90 Å². The van der Waals surface area contributed by atoms with E-state index >= 15 is 0 Å². The molecule has 0 radical (unpaired) electrons. The van der Waals surface area contributed by atoms with Crippen molar-refractivity contribution in [1.82, 2.24) is 9.97 Å². The number of phenols is 1. The van der Waals surface area contributed by atoms with Crippen molar-refractivity contribution in [2.45, 2.75) is 12.5 Å². The van der Waals surface area contributed by atoms with Crippen LogP contribution in [0.1, 0.15) is 16.7 Å². The van der Waals surface area contributed by atoms with Crippen molar-refractivity contribution in [1.29, 1.82) is 5.41 Å². The van der Waals surface area contributed by atoms with Crippen LogP contribution in [0.5, 0.6) is 5.75 Å². The van der Waals surface area contributed by atoms with Gasteiger partial charge in [-0.1, -0.05) is 31.4 Å². The third-order valence-corrected chi connectivity index (χ3v) is 5.79. The molecule has 0 saturated heterocycles. The van der Waals surface area contributed by atoms with Crippen LogP contribution in [0.3, 0.4) is 0 Å². The normalized spacial score (nSPS) is 14.3. The van der Waals surface area contributed by atoms with Crippen LogP contribution in [-0.4, -0.2) is 45.2 Å². The minimum atomic E-state index is -0.505. The number of amides is 2. The first kappa shape index (κ1) is 24.1. The first-order chi connectivity index (χ1) is 17.3. The number of carbonyl (C=O) groups excluding carboxylic acids is 2. The van der Waals surface area contributed by atoms with Crippen molar-refractivity contribution in [2.75, 3.05) is 27.8 Å². The fourth-order valence-electron chi connectivity index (χ4n) is 4.08. The summed E-state index contributed by atoms with van der Waals surface area (Å²) in [6.45, 7) is 7.37. The summed E-state index contributed by atoms with van der Waals surface area (Å²) in [7, 11) is 0. The van der Waals surface area contributed by atoms with Gasteiger partial charge in [-0.15, -0.1) is 0 Å². The molecular formula is C26H25N7O3. The summed E-state index contributed by atoms with van der Waals surface area (Å²) in [5, 5.41) is 24.8. The van der Waals surface area contributed by atoms with Gasteiger partial charge < -0.3 is 26.4 Å². The summed E-state index contributed by atoms with van der Waals surface area (Å²) >= 11 is 0. The van der Waals surface area contributed by atoms with E-state index in [2.05, 4.69) is 33.8 Å². The number of carbonyl (C=O) groups is 2. The lowest BCUT2D eigenvalue weighted by Gasteiger charge is -2.35. The molecule has 10 nitrogen and oxygen atoms in total. The van der Waals surface area contributed by atoms with Gasteiger partial charge in [0.15, 0.2) is 0 Å². The molecule has 4 rings (SSSR count). The maximum atomic E-state index is 12.5. The Kier molecular flexibility index (Phi) is 6.77. The number of rotatable bonds is 7. The van der Waals surface area contributed by atoms with Crippen LogP contribution >= 0.6 is 0 Å². The third kappa shape index (κ3) is 4.78. The molecule has 2 amide bonds.